The van der Waals surface area contributed by atoms with Crippen LogP contribution in [0.3, 0.4) is 0 Å². The van der Waals surface area contributed by atoms with Crippen LogP contribution in [0.4, 0.5) is 0 Å². The first-order chi connectivity index (χ1) is 14.8. The third-order valence-corrected chi connectivity index (χ3v) is 5.53. The number of rotatable bonds is 5. The van der Waals surface area contributed by atoms with Crippen molar-refractivity contribution in [3.8, 4) is 11.4 Å². The van der Waals surface area contributed by atoms with Gasteiger partial charge >= 0.3 is 0 Å². The van der Waals surface area contributed by atoms with Gasteiger partial charge in [0.05, 0.1) is 5.69 Å². The van der Waals surface area contributed by atoms with Gasteiger partial charge in [-0.3, -0.25) is 14.8 Å². The number of pyridine rings is 1. The molecule has 1 N–H and O–H groups in total. The van der Waals surface area contributed by atoms with Crippen molar-refractivity contribution in [1.82, 2.24) is 24.8 Å². The Morgan fingerprint density at radius 3 is 2.71 bits per heavy atom. The minimum Gasteiger partial charge on any atom is -0.446 e. The van der Waals surface area contributed by atoms with E-state index >= 15 is 0 Å². The van der Waals surface area contributed by atoms with Crippen molar-refractivity contribution in [2.24, 2.45) is 0 Å². The van der Waals surface area contributed by atoms with Gasteiger partial charge in [-0.15, -0.1) is 0 Å². The number of likely N-dealkylation sites (tertiary alicyclic amines) is 1. The first-order valence-electron chi connectivity index (χ1n) is 10.6. The summed E-state index contributed by atoms with van der Waals surface area (Å²) < 4.78 is 5.82. The van der Waals surface area contributed by atoms with E-state index in [9.17, 15) is 9.90 Å². The van der Waals surface area contributed by atoms with Gasteiger partial charge in [-0.05, 0) is 52.2 Å². The second kappa shape index (κ2) is 8.55. The van der Waals surface area contributed by atoms with Crippen molar-refractivity contribution in [2.75, 3.05) is 6.54 Å². The Morgan fingerprint density at radius 1 is 1.19 bits per heavy atom. The highest BCUT2D eigenvalue weighted by molar-refractivity contribution is 5.97. The molecule has 162 valence electrons. The van der Waals surface area contributed by atoms with Crippen LogP contribution in [0.25, 0.3) is 11.4 Å². The van der Waals surface area contributed by atoms with Crippen molar-refractivity contribution in [1.29, 1.82) is 0 Å². The zero-order valence-corrected chi connectivity index (χ0v) is 18.1. The van der Waals surface area contributed by atoms with Crippen molar-refractivity contribution in [3.63, 3.8) is 0 Å². The molecule has 8 nitrogen and oxygen atoms in total. The first kappa shape index (κ1) is 21.1. The summed E-state index contributed by atoms with van der Waals surface area (Å²) in [6.07, 6.45) is 8.08. The maximum Gasteiger partial charge on any atom is 0.275 e. The van der Waals surface area contributed by atoms with Crippen LogP contribution in [0.5, 0.6) is 0 Å². The summed E-state index contributed by atoms with van der Waals surface area (Å²) in [6.45, 7) is 5.81. The summed E-state index contributed by atoms with van der Waals surface area (Å²) in [7, 11) is 0. The highest BCUT2D eigenvalue weighted by Crippen LogP contribution is 2.28. The summed E-state index contributed by atoms with van der Waals surface area (Å²) in [5.74, 6) is 0.968. The minimum atomic E-state index is -1.08. The van der Waals surface area contributed by atoms with Gasteiger partial charge in [0.1, 0.15) is 22.7 Å². The van der Waals surface area contributed by atoms with E-state index in [-0.39, 0.29) is 11.9 Å². The van der Waals surface area contributed by atoms with Crippen molar-refractivity contribution in [2.45, 2.75) is 58.1 Å². The van der Waals surface area contributed by atoms with Gasteiger partial charge in [-0.1, -0.05) is 6.07 Å². The molecule has 0 aromatic carbocycles. The van der Waals surface area contributed by atoms with Crippen LogP contribution in [-0.4, -0.2) is 48.4 Å². The van der Waals surface area contributed by atoms with E-state index < -0.39 is 5.60 Å². The van der Waals surface area contributed by atoms with Gasteiger partial charge in [0.15, 0.2) is 11.6 Å². The molecule has 0 bridgehead atoms. The van der Waals surface area contributed by atoms with Crippen LogP contribution in [-0.2, 0) is 12.0 Å². The fourth-order valence-corrected chi connectivity index (χ4v) is 4.11. The number of aliphatic hydroxyl groups is 1. The lowest BCUT2D eigenvalue weighted by atomic mass is 9.98. The van der Waals surface area contributed by atoms with Gasteiger partial charge in [0, 0.05) is 37.6 Å². The average molecular weight is 422 g/mol. The normalized spacial score (nSPS) is 17.0. The van der Waals surface area contributed by atoms with Gasteiger partial charge in [0.2, 0.25) is 0 Å². The molecule has 3 aromatic heterocycles. The average Bonchev–Trinajstić information content (AvgIpc) is 3.15. The lowest BCUT2D eigenvalue weighted by molar-refractivity contribution is 0.0598. The predicted molar refractivity (Wildman–Crippen MR) is 114 cm³/mol. The Hall–Kier alpha value is -3.13. The number of oxazole rings is 1. The van der Waals surface area contributed by atoms with E-state index in [1.165, 1.54) is 6.20 Å². The third kappa shape index (κ3) is 4.49. The van der Waals surface area contributed by atoms with Crippen molar-refractivity contribution in [3.05, 3.63) is 59.8 Å². The first-order valence-corrected chi connectivity index (χ1v) is 10.6. The Labute approximate surface area is 181 Å². The van der Waals surface area contributed by atoms with E-state index in [1.807, 2.05) is 23.1 Å². The monoisotopic (exact) mass is 421 g/mol. The topological polar surface area (TPSA) is 105 Å². The van der Waals surface area contributed by atoms with Gasteiger partial charge in [-0.2, -0.15) is 0 Å². The number of hydrogen-bond donors (Lipinski definition) is 1. The lowest BCUT2D eigenvalue weighted by Crippen LogP contribution is -2.45. The van der Waals surface area contributed by atoms with E-state index in [0.29, 0.717) is 47.4 Å². The molecule has 0 aliphatic carbocycles. The number of hydrogen-bond acceptors (Lipinski definition) is 7. The standard InChI is InChI=1S/C23H27N5O3/c1-15-21(23(2,3)30)27-18(31-15)14-16-8-5-7-13-28(16)22(29)20-19(25-11-12-26-20)17-9-4-6-10-24-17/h4,6,9-12,16,30H,5,7-8,13-14H2,1-3H3. The quantitative estimate of drug-likeness (QED) is 0.674. The van der Waals surface area contributed by atoms with Gasteiger partial charge in [-0.25, -0.2) is 9.97 Å². The molecule has 31 heavy (non-hydrogen) atoms. The summed E-state index contributed by atoms with van der Waals surface area (Å²) in [4.78, 5) is 33.0. The molecular weight excluding hydrogens is 394 g/mol. The molecule has 1 amide bonds. The van der Waals surface area contributed by atoms with Crippen LogP contribution in [0, 0.1) is 6.92 Å². The van der Waals surface area contributed by atoms with E-state index in [2.05, 4.69) is 19.9 Å². The predicted octanol–water partition coefficient (Wildman–Crippen LogP) is 3.30. The molecule has 8 heteroatoms. The maximum atomic E-state index is 13.5. The molecule has 1 aliphatic heterocycles. The third-order valence-electron chi connectivity index (χ3n) is 5.53. The summed E-state index contributed by atoms with van der Waals surface area (Å²) in [5.41, 5.74) is 0.848. The van der Waals surface area contributed by atoms with Crippen LogP contribution in [0.2, 0.25) is 0 Å². The zero-order chi connectivity index (χ0) is 22.0. The molecule has 4 rings (SSSR count). The van der Waals surface area contributed by atoms with Crippen LogP contribution in [0.15, 0.2) is 41.2 Å². The molecule has 1 unspecified atom stereocenters. The smallest absolute Gasteiger partial charge is 0.275 e. The SMILES string of the molecule is Cc1oc(CC2CCCCN2C(=O)c2nccnc2-c2ccccn2)nc1C(C)(C)O. The van der Waals surface area contributed by atoms with Crippen LogP contribution >= 0.6 is 0 Å². The number of piperidine rings is 1. The minimum absolute atomic E-state index is 0.0625. The fraction of sp³-hybridized carbons (Fsp3) is 0.435. The highest BCUT2D eigenvalue weighted by atomic mass is 16.4. The van der Waals surface area contributed by atoms with E-state index in [0.717, 1.165) is 19.3 Å². The molecule has 1 fully saturated rings. The van der Waals surface area contributed by atoms with Gasteiger partial charge in [0.25, 0.3) is 5.91 Å². The van der Waals surface area contributed by atoms with Crippen LogP contribution in [0.1, 0.15) is 60.9 Å². The van der Waals surface area contributed by atoms with Crippen molar-refractivity contribution < 1.29 is 14.3 Å². The molecule has 4 heterocycles. The molecule has 1 atom stereocenters. The van der Waals surface area contributed by atoms with Crippen molar-refractivity contribution >= 4 is 5.91 Å². The number of nitrogens with zero attached hydrogens (tertiary/aromatic N) is 5. The molecular formula is C23H27N5O3. The highest BCUT2D eigenvalue weighted by Gasteiger charge is 2.32. The summed E-state index contributed by atoms with van der Waals surface area (Å²) >= 11 is 0. The number of carbonyl (C=O) groups is 1. The Balaban J connectivity index is 1.61. The Kier molecular flexibility index (Phi) is 5.82. The second-order valence-corrected chi connectivity index (χ2v) is 8.39. The summed E-state index contributed by atoms with van der Waals surface area (Å²) in [6, 6.07) is 5.44. The molecule has 0 saturated carbocycles. The van der Waals surface area contributed by atoms with Crippen LogP contribution < -0.4 is 0 Å². The number of aryl methyl sites for hydroxylation is 1. The number of amides is 1. The molecule has 1 aliphatic rings. The fourth-order valence-electron chi connectivity index (χ4n) is 4.11. The maximum absolute atomic E-state index is 13.5. The second-order valence-electron chi connectivity index (χ2n) is 8.39. The van der Waals surface area contributed by atoms with E-state index in [1.54, 1.807) is 33.2 Å². The zero-order valence-electron chi connectivity index (χ0n) is 18.1. The van der Waals surface area contributed by atoms with Gasteiger partial charge < -0.3 is 14.4 Å². The molecule has 3 aromatic rings. The number of aromatic nitrogens is 4. The molecule has 0 spiro atoms. The van der Waals surface area contributed by atoms with E-state index in [4.69, 9.17) is 4.42 Å². The Bertz CT molecular complexity index is 1060. The Morgan fingerprint density at radius 2 is 2.00 bits per heavy atom. The molecule has 1 saturated heterocycles. The largest absolute Gasteiger partial charge is 0.446 e. The summed E-state index contributed by atoms with van der Waals surface area (Å²) in [5, 5.41) is 10.3. The number of carbonyl (C=O) groups excluding carboxylic acids is 1. The molecule has 0 radical (unpaired) electrons. The lowest BCUT2D eigenvalue weighted by Gasteiger charge is -2.35.